The quantitative estimate of drug-likeness (QED) is 0.213. The summed E-state index contributed by atoms with van der Waals surface area (Å²) in [6, 6.07) is 17.0. The minimum absolute atomic E-state index is 0.0132. The molecular formula is C31H40FN5O3. The number of hydrogen-bond donors (Lipinski definition) is 3. The molecule has 0 saturated heterocycles. The molecule has 40 heavy (non-hydrogen) atoms. The highest BCUT2D eigenvalue weighted by molar-refractivity contribution is 5.77. The van der Waals surface area contributed by atoms with Gasteiger partial charge in [-0.1, -0.05) is 36.4 Å². The number of nitrogens with one attached hydrogen (secondary N) is 2. The number of anilines is 2. The predicted molar refractivity (Wildman–Crippen MR) is 157 cm³/mol. The first-order valence-electron chi connectivity index (χ1n) is 14.1. The molecule has 1 aliphatic rings. The molecule has 2 atom stereocenters. The molecule has 1 aliphatic heterocycles. The van der Waals surface area contributed by atoms with E-state index >= 15 is 0 Å². The number of nitrogens with zero attached hydrogens (tertiary/aromatic N) is 3. The third-order valence-corrected chi connectivity index (χ3v) is 7.13. The Morgan fingerprint density at radius 2 is 2.00 bits per heavy atom. The first kappa shape index (κ1) is 29.4. The average Bonchev–Trinajstić information content (AvgIpc) is 2.97. The molecule has 1 unspecified atom stereocenters. The second-order valence-electron chi connectivity index (χ2n) is 10.3. The number of halogens is 1. The molecule has 3 aromatic rings. The van der Waals surface area contributed by atoms with Gasteiger partial charge in [0.15, 0.2) is 0 Å². The van der Waals surface area contributed by atoms with E-state index in [0.29, 0.717) is 25.3 Å². The van der Waals surface area contributed by atoms with E-state index < -0.39 is 18.2 Å². The third kappa shape index (κ3) is 8.99. The summed E-state index contributed by atoms with van der Waals surface area (Å²) in [5, 5.41) is 16.4. The molecule has 3 heterocycles. The summed E-state index contributed by atoms with van der Waals surface area (Å²) in [6.07, 6.45) is 5.67. The van der Waals surface area contributed by atoms with Gasteiger partial charge < -0.3 is 25.4 Å². The third-order valence-electron chi connectivity index (χ3n) is 7.13. The van der Waals surface area contributed by atoms with Gasteiger partial charge in [-0.05, 0) is 80.0 Å². The zero-order valence-corrected chi connectivity index (χ0v) is 23.2. The van der Waals surface area contributed by atoms with Crippen LogP contribution in [-0.2, 0) is 22.4 Å². The molecule has 0 fully saturated rings. The van der Waals surface area contributed by atoms with Crippen molar-refractivity contribution in [2.45, 2.75) is 50.7 Å². The number of carboxylic acids is 1. The lowest BCUT2D eigenvalue weighted by Crippen LogP contribution is -2.38. The number of benzene rings is 1. The van der Waals surface area contributed by atoms with Gasteiger partial charge in [-0.3, -0.25) is 0 Å². The summed E-state index contributed by atoms with van der Waals surface area (Å²) in [6.45, 7) is 2.28. The second-order valence-corrected chi connectivity index (χ2v) is 10.3. The fourth-order valence-electron chi connectivity index (χ4n) is 5.02. The van der Waals surface area contributed by atoms with Crippen molar-refractivity contribution in [2.75, 3.05) is 50.5 Å². The molecule has 214 valence electrons. The van der Waals surface area contributed by atoms with Crippen LogP contribution in [0.5, 0.6) is 0 Å². The van der Waals surface area contributed by atoms with Crippen LogP contribution in [0.1, 0.15) is 36.9 Å². The summed E-state index contributed by atoms with van der Waals surface area (Å²) >= 11 is 0. The van der Waals surface area contributed by atoms with Crippen molar-refractivity contribution in [3.63, 3.8) is 0 Å². The minimum Gasteiger partial charge on any atom is -0.480 e. The molecule has 1 aromatic carbocycles. The van der Waals surface area contributed by atoms with Crippen LogP contribution >= 0.6 is 0 Å². The number of aryl methyl sites for hydroxylation is 2. The normalized spacial score (nSPS) is 14.3. The first-order chi connectivity index (χ1) is 19.5. The number of alkyl halides is 1. The second kappa shape index (κ2) is 15.3. The van der Waals surface area contributed by atoms with Gasteiger partial charge in [0.1, 0.15) is 23.8 Å². The van der Waals surface area contributed by atoms with Crippen LogP contribution in [0.15, 0.2) is 60.8 Å². The van der Waals surface area contributed by atoms with Gasteiger partial charge in [-0.25, -0.2) is 19.2 Å². The monoisotopic (exact) mass is 549 g/mol. The molecule has 3 N–H and O–H groups in total. The zero-order valence-electron chi connectivity index (χ0n) is 23.2. The number of ether oxygens (including phenoxy) is 1. The van der Waals surface area contributed by atoms with Crippen molar-refractivity contribution < 1.29 is 19.0 Å². The first-order valence-corrected chi connectivity index (χ1v) is 14.1. The topological polar surface area (TPSA) is 99.6 Å². The summed E-state index contributed by atoms with van der Waals surface area (Å²) in [5.74, 6) is 0.531. The molecular weight excluding hydrogens is 509 g/mol. The number of fused-ring (bicyclic) bond motifs is 1. The lowest BCUT2D eigenvalue weighted by molar-refractivity contribution is -0.138. The standard InChI is InChI=1S/C31H40FN5O3/c1-40-22-26(32)21-37(18-6-5-11-27-13-12-24-10-7-16-34-30(24)35-27)19-15-28(31(38)39)36-29-20-25(14-17-33-29)23-8-3-2-4-9-23/h2-4,8-9,12-14,17,20,26,28H,5-7,10-11,15-16,18-19,21-22H2,1H3,(H,33,36)(H,34,35)(H,38,39)/t26-,28?/m0/s1. The molecule has 9 heteroatoms. The van der Waals surface area contributed by atoms with Gasteiger partial charge in [0, 0.05) is 38.6 Å². The number of carboxylic acid groups (broad SMARTS) is 1. The number of pyridine rings is 2. The van der Waals surface area contributed by atoms with Gasteiger partial charge in [0.25, 0.3) is 0 Å². The van der Waals surface area contributed by atoms with Gasteiger partial charge in [-0.2, -0.15) is 0 Å². The van der Waals surface area contributed by atoms with Crippen LogP contribution in [-0.4, -0.2) is 78.1 Å². The van der Waals surface area contributed by atoms with Crippen LogP contribution < -0.4 is 10.6 Å². The largest absolute Gasteiger partial charge is 0.480 e. The number of aliphatic carboxylic acids is 1. The van der Waals surface area contributed by atoms with Crippen molar-refractivity contribution in [2.24, 2.45) is 0 Å². The number of aromatic nitrogens is 2. The van der Waals surface area contributed by atoms with E-state index in [0.717, 1.165) is 61.3 Å². The molecule has 4 rings (SSSR count). The molecule has 0 spiro atoms. The van der Waals surface area contributed by atoms with Gasteiger partial charge >= 0.3 is 5.97 Å². The Kier molecular flexibility index (Phi) is 11.2. The van der Waals surface area contributed by atoms with E-state index in [1.807, 2.05) is 47.4 Å². The number of rotatable bonds is 16. The number of carbonyl (C=O) groups is 1. The van der Waals surface area contributed by atoms with Crippen LogP contribution in [0.4, 0.5) is 16.0 Å². The number of hydrogen-bond acceptors (Lipinski definition) is 7. The zero-order chi connectivity index (χ0) is 28.2. The van der Waals surface area contributed by atoms with Gasteiger partial charge in [0.05, 0.1) is 6.61 Å². The van der Waals surface area contributed by atoms with Crippen LogP contribution in [0, 0.1) is 0 Å². The SMILES string of the molecule is COC[C@@H](F)CN(CCCCc1ccc2c(n1)NCCC2)CCC(Nc1cc(-c2ccccc2)ccn1)C(=O)O. The Morgan fingerprint density at radius 3 is 2.80 bits per heavy atom. The van der Waals surface area contributed by atoms with Gasteiger partial charge in [0.2, 0.25) is 0 Å². The van der Waals surface area contributed by atoms with E-state index in [1.165, 1.54) is 12.7 Å². The molecule has 0 saturated carbocycles. The highest BCUT2D eigenvalue weighted by Gasteiger charge is 2.21. The maximum Gasteiger partial charge on any atom is 0.326 e. The average molecular weight is 550 g/mol. The number of unbranched alkanes of at least 4 members (excludes halogenated alkanes) is 1. The van der Waals surface area contributed by atoms with E-state index in [4.69, 9.17) is 9.72 Å². The Morgan fingerprint density at radius 1 is 1.15 bits per heavy atom. The van der Waals surface area contributed by atoms with E-state index in [2.05, 4.69) is 27.8 Å². The van der Waals surface area contributed by atoms with E-state index in [-0.39, 0.29) is 13.2 Å². The highest BCUT2D eigenvalue weighted by atomic mass is 19.1. The van der Waals surface area contributed by atoms with Crippen molar-refractivity contribution in [1.82, 2.24) is 14.9 Å². The molecule has 2 aromatic heterocycles. The maximum absolute atomic E-state index is 14.5. The van der Waals surface area contributed by atoms with Crippen molar-refractivity contribution in [3.8, 4) is 11.1 Å². The summed E-state index contributed by atoms with van der Waals surface area (Å²) in [7, 11) is 1.48. The molecule has 0 radical (unpaired) electrons. The van der Waals surface area contributed by atoms with Crippen LogP contribution in [0.3, 0.4) is 0 Å². The van der Waals surface area contributed by atoms with E-state index in [1.54, 1.807) is 6.20 Å². The molecule has 0 amide bonds. The summed E-state index contributed by atoms with van der Waals surface area (Å²) in [5.41, 5.74) is 4.31. The van der Waals surface area contributed by atoms with E-state index in [9.17, 15) is 14.3 Å². The van der Waals surface area contributed by atoms with Crippen molar-refractivity contribution in [3.05, 3.63) is 72.1 Å². The van der Waals surface area contributed by atoms with Crippen LogP contribution in [0.25, 0.3) is 11.1 Å². The highest BCUT2D eigenvalue weighted by Crippen LogP contribution is 2.22. The Balaban J connectivity index is 1.32. The Hall–Kier alpha value is -3.56. The predicted octanol–water partition coefficient (Wildman–Crippen LogP) is 5.07. The Labute approximate surface area is 236 Å². The summed E-state index contributed by atoms with van der Waals surface area (Å²) < 4.78 is 19.5. The maximum atomic E-state index is 14.5. The minimum atomic E-state index is -1.14. The summed E-state index contributed by atoms with van der Waals surface area (Å²) in [4.78, 5) is 23.2. The Bertz CT molecular complexity index is 1210. The van der Waals surface area contributed by atoms with Crippen molar-refractivity contribution in [1.29, 1.82) is 0 Å². The fraction of sp³-hybridized carbons (Fsp3) is 0.452. The smallest absolute Gasteiger partial charge is 0.326 e. The fourth-order valence-corrected chi connectivity index (χ4v) is 5.02. The number of methoxy groups -OCH3 is 1. The van der Waals surface area contributed by atoms with Crippen LogP contribution in [0.2, 0.25) is 0 Å². The lowest BCUT2D eigenvalue weighted by atomic mass is 10.1. The molecule has 8 nitrogen and oxygen atoms in total. The van der Waals surface area contributed by atoms with Gasteiger partial charge in [-0.15, -0.1) is 0 Å². The van der Waals surface area contributed by atoms with Crippen molar-refractivity contribution >= 4 is 17.6 Å². The lowest BCUT2D eigenvalue weighted by Gasteiger charge is -2.26. The molecule has 0 aliphatic carbocycles. The molecule has 0 bridgehead atoms.